The molecule has 3 nitrogen and oxygen atoms in total. The van der Waals surface area contributed by atoms with Gasteiger partial charge in [-0.05, 0) is 63.4 Å². The van der Waals surface area contributed by atoms with Crippen molar-refractivity contribution in [2.45, 2.75) is 45.2 Å². The summed E-state index contributed by atoms with van der Waals surface area (Å²) in [6, 6.07) is 13.1. The number of hydrogen-bond acceptors (Lipinski definition) is 3. The van der Waals surface area contributed by atoms with Gasteiger partial charge in [-0.2, -0.15) is 0 Å². The third-order valence-corrected chi connectivity index (χ3v) is 6.49. The highest BCUT2D eigenvalue weighted by Crippen LogP contribution is 2.38. The zero-order chi connectivity index (χ0) is 16.7. The highest BCUT2D eigenvalue weighted by atomic mass is 32.1. The lowest BCUT2D eigenvalue weighted by molar-refractivity contribution is -0.123. The number of hydrogen-bond donors (Lipinski definition) is 0. The molecule has 24 heavy (non-hydrogen) atoms. The van der Waals surface area contributed by atoms with E-state index in [-0.39, 0.29) is 11.9 Å². The van der Waals surface area contributed by atoms with E-state index in [1.54, 1.807) is 0 Å². The summed E-state index contributed by atoms with van der Waals surface area (Å²) in [4.78, 5) is 20.3. The second-order valence-corrected chi connectivity index (χ2v) is 8.21. The van der Waals surface area contributed by atoms with Gasteiger partial charge in [0.15, 0.2) is 0 Å². The van der Waals surface area contributed by atoms with Crippen molar-refractivity contribution >= 4 is 22.9 Å². The molecule has 4 rings (SSSR count). The van der Waals surface area contributed by atoms with Crippen LogP contribution >= 0.6 is 11.3 Å². The monoisotopic (exact) mass is 340 g/mol. The van der Waals surface area contributed by atoms with E-state index in [0.29, 0.717) is 6.04 Å². The average molecular weight is 340 g/mol. The van der Waals surface area contributed by atoms with Gasteiger partial charge in [-0.25, -0.2) is 0 Å². The number of amides is 1. The SMILES string of the molecule is Cc1ccc(C2CCCN2C(C)C(=O)N2CCc3ccccc32)s1. The van der Waals surface area contributed by atoms with E-state index in [0.717, 1.165) is 31.6 Å². The molecule has 0 N–H and O–H groups in total. The van der Waals surface area contributed by atoms with Gasteiger partial charge in [0.1, 0.15) is 0 Å². The number of para-hydroxylation sites is 1. The maximum Gasteiger partial charge on any atom is 0.244 e. The quantitative estimate of drug-likeness (QED) is 0.837. The van der Waals surface area contributed by atoms with Crippen LogP contribution in [0.15, 0.2) is 36.4 Å². The summed E-state index contributed by atoms with van der Waals surface area (Å²) in [6.07, 6.45) is 3.31. The topological polar surface area (TPSA) is 23.6 Å². The maximum absolute atomic E-state index is 13.2. The molecule has 0 saturated carbocycles. The second-order valence-electron chi connectivity index (χ2n) is 6.89. The standard InChI is InChI=1S/C20H24N2OS/c1-14-9-10-19(24-14)18-8-5-12-21(18)15(2)20(23)22-13-11-16-6-3-4-7-17(16)22/h3-4,6-7,9-10,15,18H,5,8,11-13H2,1-2H3. The Morgan fingerprint density at radius 1 is 1.21 bits per heavy atom. The van der Waals surface area contributed by atoms with Gasteiger partial charge in [0.25, 0.3) is 0 Å². The normalized spacial score (nSPS) is 21.9. The van der Waals surface area contributed by atoms with Crippen LogP contribution in [-0.2, 0) is 11.2 Å². The fourth-order valence-corrected chi connectivity index (χ4v) is 5.16. The van der Waals surface area contributed by atoms with Crippen LogP contribution in [0.1, 0.15) is 41.1 Å². The second kappa shape index (κ2) is 6.34. The molecule has 0 radical (unpaired) electrons. The van der Waals surface area contributed by atoms with Crippen LogP contribution in [0.4, 0.5) is 5.69 Å². The van der Waals surface area contributed by atoms with E-state index < -0.39 is 0 Å². The molecule has 0 spiro atoms. The van der Waals surface area contributed by atoms with Crippen molar-refractivity contribution in [3.63, 3.8) is 0 Å². The first-order valence-corrected chi connectivity index (χ1v) is 9.68. The van der Waals surface area contributed by atoms with E-state index >= 15 is 0 Å². The van der Waals surface area contributed by atoms with Crippen LogP contribution in [0, 0.1) is 6.92 Å². The molecular formula is C20H24N2OS. The Bertz CT molecular complexity index is 754. The van der Waals surface area contributed by atoms with Gasteiger partial charge in [-0.1, -0.05) is 18.2 Å². The van der Waals surface area contributed by atoms with Crippen molar-refractivity contribution < 1.29 is 4.79 Å². The maximum atomic E-state index is 13.2. The average Bonchev–Trinajstić information content (AvgIpc) is 3.31. The number of carbonyl (C=O) groups is 1. The van der Waals surface area contributed by atoms with Crippen molar-refractivity contribution in [3.05, 3.63) is 51.7 Å². The van der Waals surface area contributed by atoms with Crippen LogP contribution in [0.2, 0.25) is 0 Å². The molecule has 0 aliphatic carbocycles. The van der Waals surface area contributed by atoms with Gasteiger partial charge < -0.3 is 4.90 Å². The summed E-state index contributed by atoms with van der Waals surface area (Å²) >= 11 is 1.87. The molecule has 1 saturated heterocycles. The summed E-state index contributed by atoms with van der Waals surface area (Å²) in [6.45, 7) is 6.08. The number of nitrogens with zero attached hydrogens (tertiary/aromatic N) is 2. The Morgan fingerprint density at radius 2 is 2.04 bits per heavy atom. The molecule has 3 heterocycles. The van der Waals surface area contributed by atoms with Crippen molar-refractivity contribution in [2.24, 2.45) is 0 Å². The molecule has 1 aromatic carbocycles. The van der Waals surface area contributed by atoms with E-state index in [9.17, 15) is 4.79 Å². The summed E-state index contributed by atoms with van der Waals surface area (Å²) in [5.41, 5.74) is 2.40. The minimum Gasteiger partial charge on any atom is -0.310 e. The molecule has 2 atom stereocenters. The Hall–Kier alpha value is -1.65. The number of aryl methyl sites for hydroxylation is 1. The molecule has 2 unspecified atom stereocenters. The molecule has 0 bridgehead atoms. The predicted octanol–water partition coefficient (Wildman–Crippen LogP) is 4.17. The molecule has 4 heteroatoms. The fourth-order valence-electron chi connectivity index (χ4n) is 4.13. The molecule has 126 valence electrons. The molecular weight excluding hydrogens is 316 g/mol. The molecule has 2 aliphatic rings. The highest BCUT2D eigenvalue weighted by molar-refractivity contribution is 7.12. The number of benzene rings is 1. The van der Waals surface area contributed by atoms with Gasteiger partial charge >= 0.3 is 0 Å². The molecule has 2 aliphatic heterocycles. The lowest BCUT2D eigenvalue weighted by Crippen LogP contribution is -2.46. The number of thiophene rings is 1. The molecule has 1 aromatic heterocycles. The summed E-state index contributed by atoms with van der Waals surface area (Å²) in [5.74, 6) is 0.250. The van der Waals surface area contributed by atoms with Crippen molar-refractivity contribution in [1.82, 2.24) is 4.90 Å². The van der Waals surface area contributed by atoms with E-state index in [4.69, 9.17) is 0 Å². The van der Waals surface area contributed by atoms with E-state index in [1.807, 2.05) is 22.3 Å². The van der Waals surface area contributed by atoms with E-state index in [1.165, 1.54) is 21.7 Å². The zero-order valence-corrected chi connectivity index (χ0v) is 15.2. The minimum atomic E-state index is -0.0638. The van der Waals surface area contributed by atoms with Crippen LogP contribution in [0.3, 0.4) is 0 Å². The molecule has 2 aromatic rings. The van der Waals surface area contributed by atoms with Crippen LogP contribution in [0.25, 0.3) is 0 Å². The van der Waals surface area contributed by atoms with Crippen LogP contribution < -0.4 is 4.90 Å². The lowest BCUT2D eigenvalue weighted by Gasteiger charge is -2.32. The van der Waals surface area contributed by atoms with E-state index in [2.05, 4.69) is 49.1 Å². The van der Waals surface area contributed by atoms with Gasteiger partial charge in [0.2, 0.25) is 5.91 Å². The molecule has 1 fully saturated rings. The zero-order valence-electron chi connectivity index (χ0n) is 14.4. The van der Waals surface area contributed by atoms with Crippen LogP contribution in [0.5, 0.6) is 0 Å². The van der Waals surface area contributed by atoms with Gasteiger partial charge in [-0.15, -0.1) is 11.3 Å². The number of anilines is 1. The van der Waals surface area contributed by atoms with Gasteiger partial charge in [-0.3, -0.25) is 9.69 Å². The first kappa shape index (κ1) is 15.9. The summed E-state index contributed by atoms with van der Waals surface area (Å²) in [5, 5.41) is 0. The highest BCUT2D eigenvalue weighted by Gasteiger charge is 2.37. The number of carbonyl (C=O) groups excluding carboxylic acids is 1. The third-order valence-electron chi connectivity index (χ3n) is 5.39. The first-order valence-electron chi connectivity index (χ1n) is 8.86. The number of rotatable bonds is 3. The van der Waals surface area contributed by atoms with Gasteiger partial charge in [0, 0.05) is 28.0 Å². The fraction of sp³-hybridized carbons (Fsp3) is 0.450. The number of likely N-dealkylation sites (tertiary alicyclic amines) is 1. The largest absolute Gasteiger partial charge is 0.310 e. The Labute approximate surface area is 147 Å². The van der Waals surface area contributed by atoms with Gasteiger partial charge in [0.05, 0.1) is 6.04 Å². The lowest BCUT2D eigenvalue weighted by atomic mass is 10.1. The van der Waals surface area contributed by atoms with Crippen LogP contribution in [-0.4, -0.2) is 29.9 Å². The molecule has 1 amide bonds. The van der Waals surface area contributed by atoms with Crippen molar-refractivity contribution in [1.29, 1.82) is 0 Å². The van der Waals surface area contributed by atoms with Crippen molar-refractivity contribution in [2.75, 3.05) is 18.0 Å². The Morgan fingerprint density at radius 3 is 2.83 bits per heavy atom. The van der Waals surface area contributed by atoms with Crippen molar-refractivity contribution in [3.8, 4) is 0 Å². The minimum absolute atomic E-state index is 0.0638. The first-order chi connectivity index (χ1) is 11.6. The number of fused-ring (bicyclic) bond motifs is 1. The third kappa shape index (κ3) is 2.68. The predicted molar refractivity (Wildman–Crippen MR) is 99.7 cm³/mol. The Kier molecular flexibility index (Phi) is 4.19. The Balaban J connectivity index is 1.55. The smallest absolute Gasteiger partial charge is 0.244 e. The summed E-state index contributed by atoms with van der Waals surface area (Å²) < 4.78 is 0. The summed E-state index contributed by atoms with van der Waals surface area (Å²) in [7, 11) is 0.